The van der Waals surface area contributed by atoms with Crippen LogP contribution in [0, 0.1) is 17.0 Å². The molecule has 4 rings (SSSR count). The Kier molecular flexibility index (Phi) is 5.09. The van der Waals surface area contributed by atoms with E-state index in [4.69, 9.17) is 0 Å². The monoisotopic (exact) mass is 406 g/mol. The molecule has 154 valence electrons. The van der Waals surface area contributed by atoms with Crippen molar-refractivity contribution < 1.29 is 14.5 Å². The summed E-state index contributed by atoms with van der Waals surface area (Å²) in [6.07, 6.45) is 0. The number of anilines is 1. The molecule has 2 aromatic rings. The minimum Gasteiger partial charge on any atom is -0.364 e. The fraction of sp³-hybridized carbons (Fsp3) is 0.273. The lowest BCUT2D eigenvalue weighted by Crippen LogP contribution is -2.46. The van der Waals surface area contributed by atoms with Gasteiger partial charge in [-0.1, -0.05) is 12.1 Å². The number of rotatable bonds is 4. The van der Waals surface area contributed by atoms with Gasteiger partial charge in [-0.15, -0.1) is 0 Å². The van der Waals surface area contributed by atoms with Crippen molar-refractivity contribution >= 4 is 28.8 Å². The van der Waals surface area contributed by atoms with E-state index in [9.17, 15) is 19.7 Å². The first kappa shape index (κ1) is 19.8. The van der Waals surface area contributed by atoms with Crippen molar-refractivity contribution in [3.05, 3.63) is 75.5 Å². The number of non-ortho nitro benzene ring substituents is 1. The van der Waals surface area contributed by atoms with Crippen molar-refractivity contribution in [2.45, 2.75) is 6.92 Å². The minimum absolute atomic E-state index is 0.0622. The molecular formula is C22H22N4O4. The van der Waals surface area contributed by atoms with Crippen LogP contribution >= 0.6 is 0 Å². The van der Waals surface area contributed by atoms with Gasteiger partial charge in [-0.25, -0.2) is 4.90 Å². The van der Waals surface area contributed by atoms with Crippen LogP contribution in [0.5, 0.6) is 0 Å². The fourth-order valence-corrected chi connectivity index (χ4v) is 3.85. The first-order valence-corrected chi connectivity index (χ1v) is 9.75. The summed E-state index contributed by atoms with van der Waals surface area (Å²) in [5.41, 5.74) is 2.56. The topological polar surface area (TPSA) is 87.0 Å². The fourth-order valence-electron chi connectivity index (χ4n) is 3.85. The molecule has 2 aliphatic rings. The predicted molar refractivity (Wildman–Crippen MR) is 113 cm³/mol. The Morgan fingerprint density at radius 2 is 1.60 bits per heavy atom. The zero-order valence-electron chi connectivity index (χ0n) is 16.9. The van der Waals surface area contributed by atoms with Crippen molar-refractivity contribution in [3.8, 4) is 0 Å². The Hall–Kier alpha value is -3.52. The van der Waals surface area contributed by atoms with Gasteiger partial charge in [0.2, 0.25) is 0 Å². The standard InChI is InChI=1S/C22H22N4O4/c1-15-4-3-5-18(14-15)25-21(27)19(16-6-8-17(9-7-16)26(29)30)20(22(25)28)24-12-10-23(2)11-13-24/h3-9,14H,10-13H2,1-2H3. The highest BCUT2D eigenvalue weighted by Gasteiger charge is 2.43. The quantitative estimate of drug-likeness (QED) is 0.440. The molecule has 30 heavy (non-hydrogen) atoms. The number of nitro benzene ring substituents is 1. The second-order valence-electron chi connectivity index (χ2n) is 7.60. The Morgan fingerprint density at radius 1 is 0.933 bits per heavy atom. The molecule has 1 fully saturated rings. The maximum absolute atomic E-state index is 13.5. The summed E-state index contributed by atoms with van der Waals surface area (Å²) in [6.45, 7) is 4.72. The van der Waals surface area contributed by atoms with Crippen LogP contribution in [0.2, 0.25) is 0 Å². The molecule has 0 radical (unpaired) electrons. The van der Waals surface area contributed by atoms with Crippen LogP contribution in [0.25, 0.3) is 5.57 Å². The number of hydrogen-bond acceptors (Lipinski definition) is 6. The number of nitrogens with zero attached hydrogens (tertiary/aromatic N) is 4. The van der Waals surface area contributed by atoms with Crippen LogP contribution in [-0.4, -0.2) is 59.8 Å². The third-order valence-corrected chi connectivity index (χ3v) is 5.51. The van der Waals surface area contributed by atoms with E-state index in [1.165, 1.54) is 29.2 Å². The molecule has 2 amide bonds. The van der Waals surface area contributed by atoms with E-state index in [1.807, 2.05) is 31.0 Å². The molecule has 2 aliphatic heterocycles. The van der Waals surface area contributed by atoms with E-state index in [0.29, 0.717) is 35.6 Å². The number of likely N-dealkylation sites (N-methyl/N-ethyl adjacent to an activating group) is 1. The van der Waals surface area contributed by atoms with Crippen LogP contribution < -0.4 is 4.90 Å². The van der Waals surface area contributed by atoms with Crippen LogP contribution in [-0.2, 0) is 9.59 Å². The van der Waals surface area contributed by atoms with Crippen LogP contribution in [0.1, 0.15) is 11.1 Å². The number of carbonyl (C=O) groups is 2. The molecule has 0 spiro atoms. The Morgan fingerprint density at radius 3 is 2.20 bits per heavy atom. The lowest BCUT2D eigenvalue weighted by Gasteiger charge is -2.34. The molecule has 0 bridgehead atoms. The third kappa shape index (κ3) is 3.46. The summed E-state index contributed by atoms with van der Waals surface area (Å²) >= 11 is 0. The van der Waals surface area contributed by atoms with Crippen LogP contribution in [0.4, 0.5) is 11.4 Å². The molecule has 0 N–H and O–H groups in total. The van der Waals surface area contributed by atoms with Crippen molar-refractivity contribution in [2.24, 2.45) is 0 Å². The van der Waals surface area contributed by atoms with E-state index in [-0.39, 0.29) is 11.6 Å². The minimum atomic E-state index is -0.486. The molecule has 8 heteroatoms. The van der Waals surface area contributed by atoms with Crippen LogP contribution in [0.3, 0.4) is 0 Å². The van der Waals surface area contributed by atoms with E-state index < -0.39 is 10.8 Å². The molecule has 1 saturated heterocycles. The molecule has 0 aliphatic carbocycles. The van der Waals surface area contributed by atoms with Gasteiger partial charge in [0, 0.05) is 38.3 Å². The average molecular weight is 406 g/mol. The molecule has 2 heterocycles. The zero-order valence-corrected chi connectivity index (χ0v) is 16.9. The maximum atomic E-state index is 13.5. The Balaban J connectivity index is 1.80. The highest BCUT2D eigenvalue weighted by Crippen LogP contribution is 2.35. The lowest BCUT2D eigenvalue weighted by atomic mass is 10.0. The van der Waals surface area contributed by atoms with E-state index in [0.717, 1.165) is 18.7 Å². The number of amides is 2. The number of carbonyl (C=O) groups excluding carboxylic acids is 2. The molecule has 0 aromatic heterocycles. The van der Waals surface area contributed by atoms with Crippen LogP contribution in [0.15, 0.2) is 54.2 Å². The van der Waals surface area contributed by atoms with Gasteiger partial charge in [0.25, 0.3) is 17.5 Å². The zero-order chi connectivity index (χ0) is 21.4. The molecule has 2 aromatic carbocycles. The third-order valence-electron chi connectivity index (χ3n) is 5.51. The summed E-state index contributed by atoms with van der Waals surface area (Å²) in [7, 11) is 2.02. The largest absolute Gasteiger partial charge is 0.364 e. The summed E-state index contributed by atoms with van der Waals surface area (Å²) in [6, 6.07) is 13.0. The van der Waals surface area contributed by atoms with Crippen molar-refractivity contribution in [1.29, 1.82) is 0 Å². The van der Waals surface area contributed by atoms with Gasteiger partial charge in [0.15, 0.2) is 0 Å². The van der Waals surface area contributed by atoms with Gasteiger partial charge in [-0.3, -0.25) is 19.7 Å². The van der Waals surface area contributed by atoms with Gasteiger partial charge in [0.05, 0.1) is 16.2 Å². The van der Waals surface area contributed by atoms with E-state index in [2.05, 4.69) is 4.90 Å². The van der Waals surface area contributed by atoms with Gasteiger partial charge in [0.1, 0.15) is 5.70 Å². The van der Waals surface area contributed by atoms with Gasteiger partial charge in [-0.05, 0) is 49.4 Å². The normalized spacial score (nSPS) is 17.8. The first-order chi connectivity index (χ1) is 14.4. The van der Waals surface area contributed by atoms with Crippen molar-refractivity contribution in [1.82, 2.24) is 9.80 Å². The average Bonchev–Trinajstić information content (AvgIpc) is 2.99. The molecular weight excluding hydrogens is 384 g/mol. The molecule has 0 unspecified atom stereocenters. The summed E-state index contributed by atoms with van der Waals surface area (Å²) in [4.78, 5) is 42.7. The SMILES string of the molecule is Cc1cccc(N2C(=O)C(c3ccc([N+](=O)[O-])cc3)=C(N3CCN(C)CC3)C2=O)c1. The smallest absolute Gasteiger partial charge is 0.282 e. The molecule has 0 atom stereocenters. The summed E-state index contributed by atoms with van der Waals surface area (Å²) in [5, 5.41) is 11.0. The number of nitro groups is 1. The van der Waals surface area contributed by atoms with Gasteiger partial charge in [-0.2, -0.15) is 0 Å². The Bertz CT molecular complexity index is 1050. The van der Waals surface area contributed by atoms with Crippen molar-refractivity contribution in [2.75, 3.05) is 38.1 Å². The Labute approximate surface area is 174 Å². The second-order valence-corrected chi connectivity index (χ2v) is 7.60. The number of imide groups is 1. The highest BCUT2D eigenvalue weighted by molar-refractivity contribution is 6.45. The predicted octanol–water partition coefficient (Wildman–Crippen LogP) is 2.44. The number of benzene rings is 2. The maximum Gasteiger partial charge on any atom is 0.282 e. The van der Waals surface area contributed by atoms with E-state index >= 15 is 0 Å². The second kappa shape index (κ2) is 7.72. The van der Waals surface area contributed by atoms with Gasteiger partial charge < -0.3 is 9.80 Å². The van der Waals surface area contributed by atoms with Crippen molar-refractivity contribution in [3.63, 3.8) is 0 Å². The van der Waals surface area contributed by atoms with E-state index in [1.54, 1.807) is 12.1 Å². The number of hydrogen-bond donors (Lipinski definition) is 0. The first-order valence-electron chi connectivity index (χ1n) is 9.75. The lowest BCUT2D eigenvalue weighted by molar-refractivity contribution is -0.384. The summed E-state index contributed by atoms with van der Waals surface area (Å²) < 4.78 is 0. The number of aryl methyl sites for hydroxylation is 1. The highest BCUT2D eigenvalue weighted by atomic mass is 16.6. The van der Waals surface area contributed by atoms with Gasteiger partial charge >= 0.3 is 0 Å². The summed E-state index contributed by atoms with van der Waals surface area (Å²) in [5.74, 6) is -0.767. The number of piperazine rings is 1. The molecule has 8 nitrogen and oxygen atoms in total. The molecule has 0 saturated carbocycles.